The van der Waals surface area contributed by atoms with E-state index in [0.717, 1.165) is 30.5 Å². The maximum absolute atomic E-state index is 5.07. The van der Waals surface area contributed by atoms with Crippen LogP contribution in [0, 0.1) is 0 Å². The fourth-order valence-electron chi connectivity index (χ4n) is 2.46. The summed E-state index contributed by atoms with van der Waals surface area (Å²) in [5.74, 6) is 1.43. The van der Waals surface area contributed by atoms with Crippen LogP contribution in [-0.4, -0.2) is 41.1 Å². The zero-order valence-electron chi connectivity index (χ0n) is 11.5. The first-order valence-electron chi connectivity index (χ1n) is 6.82. The summed E-state index contributed by atoms with van der Waals surface area (Å²) in [5.41, 5.74) is 0. The molecule has 0 spiro atoms. The van der Waals surface area contributed by atoms with E-state index in [-0.39, 0.29) is 0 Å². The van der Waals surface area contributed by atoms with Gasteiger partial charge in [-0.15, -0.1) is 11.3 Å². The van der Waals surface area contributed by atoms with Gasteiger partial charge in [0.25, 0.3) is 0 Å². The van der Waals surface area contributed by atoms with Crippen LogP contribution >= 0.6 is 22.9 Å². The average molecular weight is 310 g/mol. The van der Waals surface area contributed by atoms with Crippen molar-refractivity contribution in [1.82, 2.24) is 14.3 Å². The Bertz CT molecular complexity index is 528. The van der Waals surface area contributed by atoms with Gasteiger partial charge in [-0.2, -0.15) is 4.37 Å². The number of aromatic nitrogens is 3. The van der Waals surface area contributed by atoms with E-state index in [4.69, 9.17) is 4.74 Å². The van der Waals surface area contributed by atoms with Crippen molar-refractivity contribution in [2.24, 2.45) is 0 Å². The minimum Gasteiger partial charge on any atom is -0.384 e. The summed E-state index contributed by atoms with van der Waals surface area (Å²) in [6.45, 7) is 2.76. The minimum atomic E-state index is 0.537. The number of thiazole rings is 1. The topological polar surface area (TPSA) is 51.1 Å². The van der Waals surface area contributed by atoms with Gasteiger partial charge < -0.3 is 9.64 Å². The van der Waals surface area contributed by atoms with Crippen LogP contribution in [0.3, 0.4) is 0 Å². The molecule has 3 heterocycles. The number of ether oxygens (including phenoxy) is 1. The zero-order chi connectivity index (χ0) is 13.8. The Balaban J connectivity index is 1.66. The molecule has 0 bridgehead atoms. The van der Waals surface area contributed by atoms with Gasteiger partial charge in [-0.25, -0.2) is 9.97 Å². The van der Waals surface area contributed by atoms with Gasteiger partial charge in [-0.1, -0.05) is 0 Å². The summed E-state index contributed by atoms with van der Waals surface area (Å²) >= 11 is 3.25. The molecule has 0 saturated carbocycles. The summed E-state index contributed by atoms with van der Waals surface area (Å²) in [5, 5.41) is 4.35. The van der Waals surface area contributed by atoms with Crippen molar-refractivity contribution in [3.8, 4) is 0 Å². The fraction of sp³-hybridized carbons (Fsp3) is 0.615. The van der Waals surface area contributed by atoms with E-state index in [9.17, 15) is 0 Å². The molecule has 0 unspecified atom stereocenters. The van der Waals surface area contributed by atoms with Crippen molar-refractivity contribution in [1.29, 1.82) is 0 Å². The number of nitrogens with zero attached hydrogens (tertiary/aromatic N) is 4. The molecular formula is C13H18N4OS2. The van der Waals surface area contributed by atoms with E-state index in [1.54, 1.807) is 18.4 Å². The smallest absolute Gasteiger partial charge is 0.205 e. The number of piperidine rings is 1. The Kier molecular flexibility index (Phi) is 4.59. The maximum atomic E-state index is 5.07. The summed E-state index contributed by atoms with van der Waals surface area (Å²) in [6, 6.07) is 0. The van der Waals surface area contributed by atoms with Crippen molar-refractivity contribution < 1.29 is 4.74 Å². The number of anilines is 1. The molecule has 7 heteroatoms. The number of methoxy groups -OCH3 is 1. The molecule has 3 rings (SSSR count). The van der Waals surface area contributed by atoms with E-state index in [1.807, 2.05) is 6.20 Å². The second kappa shape index (κ2) is 6.60. The third kappa shape index (κ3) is 3.16. The van der Waals surface area contributed by atoms with Gasteiger partial charge in [0.2, 0.25) is 5.13 Å². The van der Waals surface area contributed by atoms with Crippen LogP contribution in [0.2, 0.25) is 0 Å². The van der Waals surface area contributed by atoms with Crippen LogP contribution in [0.4, 0.5) is 5.13 Å². The average Bonchev–Trinajstić information content (AvgIpc) is 3.17. The first-order chi connectivity index (χ1) is 9.86. The Morgan fingerprint density at radius 2 is 2.45 bits per heavy atom. The van der Waals surface area contributed by atoms with E-state index < -0.39 is 0 Å². The quantitative estimate of drug-likeness (QED) is 0.849. The van der Waals surface area contributed by atoms with E-state index >= 15 is 0 Å². The lowest BCUT2D eigenvalue weighted by Crippen LogP contribution is -2.34. The SMILES string of the molecule is COCCc1nsc(N2CCC[C@H](c3nccs3)C2)n1. The maximum Gasteiger partial charge on any atom is 0.205 e. The molecule has 2 aromatic rings. The van der Waals surface area contributed by atoms with Gasteiger partial charge in [-0.3, -0.25) is 0 Å². The highest BCUT2D eigenvalue weighted by Crippen LogP contribution is 2.31. The van der Waals surface area contributed by atoms with Crippen LogP contribution < -0.4 is 4.90 Å². The molecule has 1 aliphatic rings. The van der Waals surface area contributed by atoms with Gasteiger partial charge in [0, 0.05) is 55.6 Å². The van der Waals surface area contributed by atoms with Gasteiger partial charge in [-0.05, 0) is 12.8 Å². The Hall–Kier alpha value is -1.05. The predicted octanol–water partition coefficient (Wildman–Crippen LogP) is 2.57. The number of hydrogen-bond acceptors (Lipinski definition) is 7. The summed E-state index contributed by atoms with van der Waals surface area (Å²) in [4.78, 5) is 11.4. The largest absolute Gasteiger partial charge is 0.384 e. The molecule has 0 amide bonds. The molecule has 0 aliphatic carbocycles. The van der Waals surface area contributed by atoms with Crippen molar-refractivity contribution in [3.63, 3.8) is 0 Å². The molecule has 108 valence electrons. The molecule has 1 atom stereocenters. The van der Waals surface area contributed by atoms with E-state index in [0.29, 0.717) is 12.5 Å². The van der Waals surface area contributed by atoms with Crippen molar-refractivity contribution in [2.45, 2.75) is 25.2 Å². The summed E-state index contributed by atoms with van der Waals surface area (Å²) in [7, 11) is 1.70. The molecule has 1 saturated heterocycles. The highest BCUT2D eigenvalue weighted by molar-refractivity contribution is 7.10. The van der Waals surface area contributed by atoms with Crippen molar-refractivity contribution in [3.05, 3.63) is 22.4 Å². The van der Waals surface area contributed by atoms with Crippen LogP contribution in [0.1, 0.15) is 29.6 Å². The summed E-state index contributed by atoms with van der Waals surface area (Å²) in [6.07, 6.45) is 5.10. The van der Waals surface area contributed by atoms with E-state index in [2.05, 4.69) is 24.6 Å². The normalized spacial score (nSPS) is 19.4. The van der Waals surface area contributed by atoms with Crippen molar-refractivity contribution in [2.75, 3.05) is 31.7 Å². The van der Waals surface area contributed by atoms with E-state index in [1.165, 1.54) is 29.4 Å². The van der Waals surface area contributed by atoms with Gasteiger partial charge in [0.05, 0.1) is 11.6 Å². The first kappa shape index (κ1) is 13.9. The molecule has 1 aliphatic heterocycles. The van der Waals surface area contributed by atoms with Crippen molar-refractivity contribution >= 4 is 28.0 Å². The second-order valence-corrected chi connectivity index (χ2v) is 6.55. The molecule has 20 heavy (non-hydrogen) atoms. The molecule has 1 fully saturated rings. The highest BCUT2D eigenvalue weighted by Gasteiger charge is 2.25. The van der Waals surface area contributed by atoms with Crippen LogP contribution in [0.5, 0.6) is 0 Å². The lowest BCUT2D eigenvalue weighted by atomic mass is 9.99. The third-order valence-electron chi connectivity index (χ3n) is 3.48. The molecule has 0 N–H and O–H groups in total. The minimum absolute atomic E-state index is 0.537. The lowest BCUT2D eigenvalue weighted by Gasteiger charge is -2.31. The van der Waals surface area contributed by atoms with Crippen LogP contribution in [-0.2, 0) is 11.2 Å². The van der Waals surface area contributed by atoms with Gasteiger partial charge >= 0.3 is 0 Å². The Labute approximate surface area is 126 Å². The molecular weight excluding hydrogens is 292 g/mol. The zero-order valence-corrected chi connectivity index (χ0v) is 13.1. The molecule has 2 aromatic heterocycles. The van der Waals surface area contributed by atoms with Gasteiger partial charge in [0.1, 0.15) is 5.82 Å². The first-order valence-corrected chi connectivity index (χ1v) is 8.48. The fourth-order valence-corrected chi connectivity index (χ4v) is 3.97. The monoisotopic (exact) mass is 310 g/mol. The van der Waals surface area contributed by atoms with Crippen LogP contribution in [0.15, 0.2) is 11.6 Å². The molecule has 0 aromatic carbocycles. The van der Waals surface area contributed by atoms with Gasteiger partial charge in [0.15, 0.2) is 0 Å². The molecule has 0 radical (unpaired) electrons. The summed E-state index contributed by atoms with van der Waals surface area (Å²) < 4.78 is 9.48. The standard InChI is InChI=1S/C13H18N4OS2/c1-18-7-4-11-15-13(20-16-11)17-6-2-3-10(9-17)12-14-5-8-19-12/h5,8,10H,2-4,6-7,9H2,1H3/t10-/m0/s1. The Morgan fingerprint density at radius 3 is 3.25 bits per heavy atom. The van der Waals surface area contributed by atoms with Crippen LogP contribution in [0.25, 0.3) is 0 Å². The highest BCUT2D eigenvalue weighted by atomic mass is 32.1. The Morgan fingerprint density at radius 1 is 1.50 bits per heavy atom. The third-order valence-corrected chi connectivity index (χ3v) is 5.23. The molecule has 5 nitrogen and oxygen atoms in total. The predicted molar refractivity (Wildman–Crippen MR) is 81.8 cm³/mol. The second-order valence-electron chi connectivity index (χ2n) is 4.89. The number of rotatable bonds is 5. The number of hydrogen-bond donors (Lipinski definition) is 0. The lowest BCUT2D eigenvalue weighted by molar-refractivity contribution is 0.201.